The Kier molecular flexibility index (Phi) is 4.14. The molecule has 4 heteroatoms. The molecule has 2 aromatic carbocycles. The van der Waals surface area contributed by atoms with E-state index in [4.69, 9.17) is 10.6 Å². The molecule has 0 aliphatic carbocycles. The van der Waals surface area contributed by atoms with E-state index in [2.05, 4.69) is 5.43 Å². The zero-order valence-corrected chi connectivity index (χ0v) is 11.0. The van der Waals surface area contributed by atoms with Gasteiger partial charge in [0.05, 0.1) is 13.2 Å². The normalized spacial score (nSPS) is 12.2. The first-order valence-electron chi connectivity index (χ1n) is 6.02. The number of ether oxygens (including phenoxy) is 1. The number of hydrogen-bond donors (Lipinski definition) is 2. The van der Waals surface area contributed by atoms with E-state index in [-0.39, 0.29) is 11.8 Å². The molecule has 19 heavy (non-hydrogen) atoms. The fourth-order valence-corrected chi connectivity index (χ4v) is 2.14. The largest absolute Gasteiger partial charge is 0.494 e. The van der Waals surface area contributed by atoms with Crippen LogP contribution in [0.1, 0.15) is 22.7 Å². The topological polar surface area (TPSA) is 47.3 Å². The molecule has 0 aromatic heterocycles. The molecular formula is C15H17FN2O. The first kappa shape index (κ1) is 13.5. The second kappa shape index (κ2) is 5.82. The third-order valence-corrected chi connectivity index (χ3v) is 3.18. The highest BCUT2D eigenvalue weighted by molar-refractivity contribution is 5.39. The molecule has 2 rings (SSSR count). The van der Waals surface area contributed by atoms with Crippen molar-refractivity contribution in [2.45, 2.75) is 13.0 Å². The lowest BCUT2D eigenvalue weighted by Crippen LogP contribution is -2.29. The summed E-state index contributed by atoms with van der Waals surface area (Å²) < 4.78 is 18.7. The minimum atomic E-state index is -0.395. The Bertz CT molecular complexity index is 572. The Labute approximate surface area is 112 Å². The molecular weight excluding hydrogens is 243 g/mol. The van der Waals surface area contributed by atoms with Crippen molar-refractivity contribution in [3.8, 4) is 5.75 Å². The van der Waals surface area contributed by atoms with Crippen molar-refractivity contribution in [2.75, 3.05) is 7.11 Å². The molecule has 0 spiro atoms. The summed E-state index contributed by atoms with van der Waals surface area (Å²) in [4.78, 5) is 0. The van der Waals surface area contributed by atoms with Crippen LogP contribution in [0, 0.1) is 12.7 Å². The van der Waals surface area contributed by atoms with Crippen LogP contribution < -0.4 is 16.0 Å². The minimum absolute atomic E-state index is 0.226. The Morgan fingerprint density at radius 3 is 2.53 bits per heavy atom. The van der Waals surface area contributed by atoms with Crippen LogP contribution in [0.2, 0.25) is 0 Å². The van der Waals surface area contributed by atoms with Crippen LogP contribution in [0.3, 0.4) is 0 Å². The van der Waals surface area contributed by atoms with E-state index in [0.717, 1.165) is 16.7 Å². The van der Waals surface area contributed by atoms with Gasteiger partial charge in [-0.3, -0.25) is 5.84 Å². The summed E-state index contributed by atoms with van der Waals surface area (Å²) in [7, 11) is 1.44. The average Bonchev–Trinajstić information content (AvgIpc) is 2.42. The molecule has 0 bridgehead atoms. The van der Waals surface area contributed by atoms with Crippen LogP contribution in [0.4, 0.5) is 4.39 Å². The average molecular weight is 260 g/mol. The van der Waals surface area contributed by atoms with Crippen molar-refractivity contribution in [1.29, 1.82) is 0 Å². The monoisotopic (exact) mass is 260 g/mol. The van der Waals surface area contributed by atoms with Gasteiger partial charge in [-0.2, -0.15) is 0 Å². The quantitative estimate of drug-likeness (QED) is 0.656. The van der Waals surface area contributed by atoms with Gasteiger partial charge in [-0.25, -0.2) is 9.82 Å². The predicted molar refractivity (Wildman–Crippen MR) is 73.3 cm³/mol. The summed E-state index contributed by atoms with van der Waals surface area (Å²) in [6.45, 7) is 2.00. The molecule has 100 valence electrons. The van der Waals surface area contributed by atoms with Crippen LogP contribution in [-0.4, -0.2) is 7.11 Å². The summed E-state index contributed by atoms with van der Waals surface area (Å²) in [6.07, 6.45) is 0. The zero-order chi connectivity index (χ0) is 13.8. The Morgan fingerprint density at radius 2 is 1.95 bits per heavy atom. The number of nitrogens with one attached hydrogen (secondary N) is 1. The van der Waals surface area contributed by atoms with Gasteiger partial charge < -0.3 is 4.74 Å². The highest BCUT2D eigenvalue weighted by Crippen LogP contribution is 2.27. The van der Waals surface area contributed by atoms with Gasteiger partial charge in [-0.1, -0.05) is 30.3 Å². The van der Waals surface area contributed by atoms with E-state index in [0.29, 0.717) is 0 Å². The SMILES string of the molecule is COc1ccc(C(NN)c2ccccc2C)cc1F. The maximum atomic E-state index is 13.8. The number of rotatable bonds is 4. The van der Waals surface area contributed by atoms with Crippen LogP contribution >= 0.6 is 0 Å². The third-order valence-electron chi connectivity index (χ3n) is 3.18. The van der Waals surface area contributed by atoms with Crippen LogP contribution in [0.25, 0.3) is 0 Å². The third kappa shape index (κ3) is 2.75. The fourth-order valence-electron chi connectivity index (χ4n) is 2.14. The van der Waals surface area contributed by atoms with E-state index < -0.39 is 5.82 Å². The number of methoxy groups -OCH3 is 1. The Balaban J connectivity index is 2.43. The van der Waals surface area contributed by atoms with Gasteiger partial charge in [0.2, 0.25) is 0 Å². The lowest BCUT2D eigenvalue weighted by molar-refractivity contribution is 0.385. The Morgan fingerprint density at radius 1 is 1.21 bits per heavy atom. The van der Waals surface area contributed by atoms with Crippen LogP contribution in [0.5, 0.6) is 5.75 Å². The lowest BCUT2D eigenvalue weighted by atomic mass is 9.95. The predicted octanol–water partition coefficient (Wildman–Crippen LogP) is 2.70. The van der Waals surface area contributed by atoms with Crippen molar-refractivity contribution < 1.29 is 9.13 Å². The summed E-state index contributed by atoms with van der Waals surface area (Å²) in [5.41, 5.74) is 5.61. The number of aryl methyl sites for hydroxylation is 1. The van der Waals surface area contributed by atoms with Gasteiger partial charge in [0.25, 0.3) is 0 Å². The summed E-state index contributed by atoms with van der Waals surface area (Å²) >= 11 is 0. The molecule has 0 amide bonds. The van der Waals surface area contributed by atoms with E-state index in [1.807, 2.05) is 31.2 Å². The maximum Gasteiger partial charge on any atom is 0.165 e. The molecule has 0 aliphatic heterocycles. The first-order chi connectivity index (χ1) is 9.17. The highest BCUT2D eigenvalue weighted by atomic mass is 19.1. The van der Waals surface area contributed by atoms with Gasteiger partial charge >= 0.3 is 0 Å². The van der Waals surface area contributed by atoms with Gasteiger partial charge in [0.15, 0.2) is 11.6 Å². The van der Waals surface area contributed by atoms with Crippen molar-refractivity contribution in [3.05, 3.63) is 65.0 Å². The molecule has 2 aromatic rings. The maximum absolute atomic E-state index is 13.8. The number of halogens is 1. The summed E-state index contributed by atoms with van der Waals surface area (Å²) in [5, 5.41) is 0. The molecule has 1 atom stereocenters. The van der Waals surface area contributed by atoms with Gasteiger partial charge in [-0.05, 0) is 35.7 Å². The van der Waals surface area contributed by atoms with E-state index in [9.17, 15) is 4.39 Å². The number of hydrogen-bond acceptors (Lipinski definition) is 3. The molecule has 0 aliphatic rings. The van der Waals surface area contributed by atoms with Crippen LogP contribution in [0.15, 0.2) is 42.5 Å². The van der Waals surface area contributed by atoms with Crippen molar-refractivity contribution >= 4 is 0 Å². The second-order valence-corrected chi connectivity index (χ2v) is 4.35. The molecule has 0 saturated carbocycles. The molecule has 3 nitrogen and oxygen atoms in total. The van der Waals surface area contributed by atoms with Crippen molar-refractivity contribution in [2.24, 2.45) is 5.84 Å². The van der Waals surface area contributed by atoms with Gasteiger partial charge in [0, 0.05) is 0 Å². The first-order valence-corrected chi connectivity index (χ1v) is 6.02. The molecule has 0 radical (unpaired) electrons. The van der Waals surface area contributed by atoms with Crippen molar-refractivity contribution in [1.82, 2.24) is 5.43 Å². The number of nitrogens with two attached hydrogens (primary N) is 1. The lowest BCUT2D eigenvalue weighted by Gasteiger charge is -2.19. The van der Waals surface area contributed by atoms with Gasteiger partial charge in [-0.15, -0.1) is 0 Å². The van der Waals surface area contributed by atoms with E-state index in [1.54, 1.807) is 12.1 Å². The minimum Gasteiger partial charge on any atom is -0.494 e. The van der Waals surface area contributed by atoms with E-state index in [1.165, 1.54) is 13.2 Å². The standard InChI is InChI=1S/C15H17FN2O/c1-10-5-3-4-6-12(10)15(18-17)11-7-8-14(19-2)13(16)9-11/h3-9,15,18H,17H2,1-2H3. The Hall–Kier alpha value is -1.91. The molecule has 3 N–H and O–H groups in total. The number of hydrazine groups is 1. The summed E-state index contributed by atoms with van der Waals surface area (Å²) in [5.74, 6) is 5.45. The molecule has 1 unspecified atom stereocenters. The number of benzene rings is 2. The summed E-state index contributed by atoms with van der Waals surface area (Å²) in [6, 6.07) is 12.5. The fraction of sp³-hybridized carbons (Fsp3) is 0.200. The highest BCUT2D eigenvalue weighted by Gasteiger charge is 2.16. The molecule has 0 saturated heterocycles. The molecule has 0 heterocycles. The molecule has 0 fully saturated rings. The smallest absolute Gasteiger partial charge is 0.165 e. The van der Waals surface area contributed by atoms with Crippen molar-refractivity contribution in [3.63, 3.8) is 0 Å². The van der Waals surface area contributed by atoms with Gasteiger partial charge in [0.1, 0.15) is 0 Å². The van der Waals surface area contributed by atoms with Crippen LogP contribution in [-0.2, 0) is 0 Å². The second-order valence-electron chi connectivity index (χ2n) is 4.35. The van der Waals surface area contributed by atoms with E-state index >= 15 is 0 Å². The zero-order valence-electron chi connectivity index (χ0n) is 11.0.